The van der Waals surface area contributed by atoms with Gasteiger partial charge in [-0.3, -0.25) is 0 Å². The number of allylic oxidation sites excluding steroid dienone is 4. The summed E-state index contributed by atoms with van der Waals surface area (Å²) in [6, 6.07) is 10.3. The molecule has 0 fully saturated rings. The van der Waals surface area contributed by atoms with Crippen molar-refractivity contribution in [3.63, 3.8) is 0 Å². The molecular formula is C14H19OSiTi. The Hall–Kier alpha value is -0.569. The molecule has 2 rings (SSSR count). The Morgan fingerprint density at radius 3 is 2.41 bits per heavy atom. The minimum absolute atomic E-state index is 0.700. The van der Waals surface area contributed by atoms with E-state index in [1.54, 1.807) is 3.88 Å². The summed E-state index contributed by atoms with van der Waals surface area (Å²) < 4.78 is 8.01. The summed E-state index contributed by atoms with van der Waals surface area (Å²) >= 11 is -1.49. The van der Waals surface area contributed by atoms with E-state index in [0.717, 1.165) is 12.2 Å². The summed E-state index contributed by atoms with van der Waals surface area (Å²) in [7, 11) is 0. The van der Waals surface area contributed by atoms with Gasteiger partial charge in [0.1, 0.15) is 0 Å². The van der Waals surface area contributed by atoms with Crippen molar-refractivity contribution in [1.82, 2.24) is 0 Å². The van der Waals surface area contributed by atoms with Gasteiger partial charge in [-0.15, -0.1) is 0 Å². The Labute approximate surface area is 111 Å². The van der Waals surface area contributed by atoms with E-state index in [9.17, 15) is 0 Å². The molecule has 0 spiro atoms. The number of para-hydroxylation sites is 1. The molecule has 0 aliphatic heterocycles. The fourth-order valence-electron chi connectivity index (χ4n) is 2.05. The Kier molecular flexibility index (Phi) is 4.43. The number of benzene rings is 1. The van der Waals surface area contributed by atoms with Gasteiger partial charge in [0.15, 0.2) is 0 Å². The minimum atomic E-state index is -1.49. The van der Waals surface area contributed by atoms with Crippen molar-refractivity contribution in [2.45, 2.75) is 26.4 Å². The molecule has 0 aromatic heterocycles. The molecule has 0 amide bonds. The van der Waals surface area contributed by atoms with Crippen molar-refractivity contribution in [2.24, 2.45) is 0 Å². The number of rotatable bonds is 4. The van der Waals surface area contributed by atoms with Crippen LogP contribution >= 0.6 is 0 Å². The molecule has 1 aromatic carbocycles. The van der Waals surface area contributed by atoms with Gasteiger partial charge < -0.3 is 0 Å². The zero-order chi connectivity index (χ0) is 12.3. The summed E-state index contributed by atoms with van der Waals surface area (Å²) in [6.45, 7) is 6.39. The predicted molar refractivity (Wildman–Crippen MR) is 72.4 cm³/mol. The quantitative estimate of drug-likeness (QED) is 0.761. The fraction of sp³-hybridized carbons (Fsp3) is 0.286. The molecule has 1 aromatic rings. The first-order valence-corrected chi connectivity index (χ1v) is 13.2. The Morgan fingerprint density at radius 2 is 1.88 bits per heavy atom. The molecule has 89 valence electrons. The SMILES string of the molecule is CC1=[C]([Ti]([O]c2ccccc2)[SiH](C)C)CC=C1. The molecule has 1 aliphatic rings. The van der Waals surface area contributed by atoms with Crippen molar-refractivity contribution in [1.29, 1.82) is 0 Å². The van der Waals surface area contributed by atoms with Gasteiger partial charge in [0.25, 0.3) is 0 Å². The van der Waals surface area contributed by atoms with Gasteiger partial charge in [-0.2, -0.15) is 0 Å². The van der Waals surface area contributed by atoms with Crippen LogP contribution in [0.2, 0.25) is 13.1 Å². The second-order valence-electron chi connectivity index (χ2n) is 4.70. The summed E-state index contributed by atoms with van der Waals surface area (Å²) in [5.41, 5.74) is 1.47. The standard InChI is InChI=1S/C6H6O.C6H7.C2H7Si.Ti/c7-6-4-2-1-3-5-6;1-6-4-2-3-5-6;1-3-2;/h1-5,7H;2,4H,3H2,1H3;3H,1-2H3;/q;;;+1/p-1. The first-order chi connectivity index (χ1) is 8.18. The second-order valence-corrected chi connectivity index (χ2v) is 17.0. The first-order valence-electron chi connectivity index (χ1n) is 6.15. The van der Waals surface area contributed by atoms with E-state index in [0.29, 0.717) is 0 Å². The van der Waals surface area contributed by atoms with Crippen LogP contribution in [0.15, 0.2) is 51.9 Å². The fourth-order valence-corrected chi connectivity index (χ4v) is 11.4. The van der Waals surface area contributed by atoms with Crippen molar-refractivity contribution in [2.75, 3.05) is 0 Å². The van der Waals surface area contributed by atoms with Crippen LogP contribution < -0.4 is 3.32 Å². The van der Waals surface area contributed by atoms with Crippen molar-refractivity contribution in [3.05, 3.63) is 51.9 Å². The van der Waals surface area contributed by atoms with Gasteiger partial charge in [0.05, 0.1) is 0 Å². The Bertz CT molecular complexity index is 437. The number of hydrogen-bond donors (Lipinski definition) is 0. The Balaban J connectivity index is 2.17. The van der Waals surface area contributed by atoms with Gasteiger partial charge >= 0.3 is 112 Å². The van der Waals surface area contributed by atoms with Crippen LogP contribution in [-0.4, -0.2) is 6.66 Å². The van der Waals surface area contributed by atoms with Crippen LogP contribution in [0.25, 0.3) is 0 Å². The molecule has 1 aliphatic carbocycles. The Morgan fingerprint density at radius 1 is 1.18 bits per heavy atom. The zero-order valence-electron chi connectivity index (χ0n) is 10.7. The molecule has 0 unspecified atom stereocenters. The normalized spacial score (nSPS) is 14.6. The van der Waals surface area contributed by atoms with E-state index < -0.39 is 24.2 Å². The van der Waals surface area contributed by atoms with Crippen LogP contribution in [0.3, 0.4) is 0 Å². The average Bonchev–Trinajstić information content (AvgIpc) is 2.73. The van der Waals surface area contributed by atoms with E-state index in [1.807, 2.05) is 6.07 Å². The third-order valence-corrected chi connectivity index (χ3v) is 13.4. The zero-order valence-corrected chi connectivity index (χ0v) is 13.5. The van der Waals surface area contributed by atoms with Gasteiger partial charge in [0, 0.05) is 0 Å². The third kappa shape index (κ3) is 3.21. The monoisotopic (exact) mass is 279 g/mol. The van der Waals surface area contributed by atoms with E-state index in [-0.39, 0.29) is 0 Å². The maximum absolute atomic E-state index is 6.36. The molecule has 1 nitrogen and oxygen atoms in total. The van der Waals surface area contributed by atoms with E-state index in [1.165, 1.54) is 5.57 Å². The van der Waals surface area contributed by atoms with Crippen LogP contribution in [0.4, 0.5) is 0 Å². The molecule has 0 bridgehead atoms. The van der Waals surface area contributed by atoms with Gasteiger partial charge in [0.2, 0.25) is 0 Å². The summed E-state index contributed by atoms with van der Waals surface area (Å²) in [4.78, 5) is 0. The summed E-state index contributed by atoms with van der Waals surface area (Å²) in [6.07, 6.45) is 5.68. The number of hydrogen-bond acceptors (Lipinski definition) is 1. The molecule has 3 heteroatoms. The van der Waals surface area contributed by atoms with Gasteiger partial charge in [-0.25, -0.2) is 0 Å². The van der Waals surface area contributed by atoms with E-state index >= 15 is 0 Å². The maximum atomic E-state index is 6.36. The molecule has 17 heavy (non-hydrogen) atoms. The van der Waals surface area contributed by atoms with Crippen LogP contribution in [0, 0.1) is 0 Å². The van der Waals surface area contributed by atoms with E-state index in [2.05, 4.69) is 56.4 Å². The van der Waals surface area contributed by atoms with Gasteiger partial charge in [-0.1, -0.05) is 0 Å². The summed E-state index contributed by atoms with van der Waals surface area (Å²) in [5, 5.41) is 0. The van der Waals surface area contributed by atoms with Crippen molar-refractivity contribution in [3.8, 4) is 5.75 Å². The molecule has 0 heterocycles. The molecular weight excluding hydrogens is 260 g/mol. The van der Waals surface area contributed by atoms with Crippen LogP contribution in [0.5, 0.6) is 5.75 Å². The predicted octanol–water partition coefficient (Wildman–Crippen LogP) is 3.82. The van der Waals surface area contributed by atoms with Crippen molar-refractivity contribution >= 4 is 6.66 Å². The topological polar surface area (TPSA) is 9.23 Å². The molecule has 0 atom stereocenters. The summed E-state index contributed by atoms with van der Waals surface area (Å²) in [5.74, 6) is 1.07. The molecule has 0 N–H and O–H groups in total. The molecule has 0 saturated carbocycles. The molecule has 0 radical (unpaired) electrons. The van der Waals surface area contributed by atoms with Gasteiger partial charge in [-0.05, 0) is 0 Å². The van der Waals surface area contributed by atoms with Crippen molar-refractivity contribution < 1.29 is 20.8 Å². The van der Waals surface area contributed by atoms with Crippen LogP contribution in [-0.2, 0) is 17.5 Å². The first kappa shape index (κ1) is 12.9. The van der Waals surface area contributed by atoms with Crippen LogP contribution in [0.1, 0.15) is 13.3 Å². The third-order valence-electron chi connectivity index (χ3n) is 2.96. The van der Waals surface area contributed by atoms with E-state index in [4.69, 9.17) is 3.32 Å². The second kappa shape index (κ2) is 5.85. The average molecular weight is 279 g/mol. The molecule has 0 saturated heterocycles.